The number of hydrogen-bond acceptors (Lipinski definition) is 4. The smallest absolute Gasteiger partial charge is 0.255 e. The molecule has 1 aliphatic rings. The minimum atomic E-state index is -0.395. The number of rotatable bonds is 3. The van der Waals surface area contributed by atoms with E-state index in [0.717, 1.165) is 6.42 Å². The average Bonchev–Trinajstić information content (AvgIpc) is 2.86. The zero-order chi connectivity index (χ0) is 20.3. The van der Waals surface area contributed by atoms with Crippen LogP contribution < -0.4 is 20.1 Å². The van der Waals surface area contributed by atoms with E-state index in [1.165, 1.54) is 6.07 Å². The maximum Gasteiger partial charge on any atom is 0.255 e. The van der Waals surface area contributed by atoms with E-state index in [2.05, 4.69) is 10.6 Å². The van der Waals surface area contributed by atoms with Crippen LogP contribution in [-0.4, -0.2) is 30.6 Å². The van der Waals surface area contributed by atoms with Gasteiger partial charge in [0.2, 0.25) is 0 Å². The van der Waals surface area contributed by atoms with Gasteiger partial charge in [-0.3, -0.25) is 9.59 Å². The zero-order valence-corrected chi connectivity index (χ0v) is 16.9. The molecule has 0 aromatic heterocycles. The van der Waals surface area contributed by atoms with Gasteiger partial charge in [-0.1, -0.05) is 23.7 Å². The van der Waals surface area contributed by atoms with Crippen molar-refractivity contribution in [3.05, 3.63) is 52.5 Å². The molecule has 0 saturated carbocycles. The van der Waals surface area contributed by atoms with E-state index in [9.17, 15) is 9.59 Å². The summed E-state index contributed by atoms with van der Waals surface area (Å²) in [5.74, 6) is 0.225. The molecule has 0 aliphatic carbocycles. The molecule has 0 unspecified atom stereocenters. The molecule has 0 fully saturated rings. The Morgan fingerprint density at radius 1 is 1.04 bits per heavy atom. The molecule has 0 radical (unpaired) electrons. The van der Waals surface area contributed by atoms with Crippen LogP contribution in [0.5, 0.6) is 11.5 Å². The molecule has 3 rings (SSSR count). The number of nitrogens with one attached hydrogen (secondary N) is 2. The number of benzene rings is 2. The van der Waals surface area contributed by atoms with E-state index >= 15 is 0 Å². The van der Waals surface area contributed by atoms with E-state index in [-0.39, 0.29) is 5.91 Å². The van der Waals surface area contributed by atoms with Crippen molar-refractivity contribution in [2.75, 3.05) is 18.5 Å². The Bertz CT molecular complexity index is 906. The molecule has 0 spiro atoms. The van der Waals surface area contributed by atoms with Gasteiger partial charge in [-0.05, 0) is 45.0 Å². The molecule has 28 heavy (non-hydrogen) atoms. The minimum absolute atomic E-state index is 0.264. The Kier molecular flexibility index (Phi) is 5.79. The molecule has 0 bridgehead atoms. The third-order valence-electron chi connectivity index (χ3n) is 3.97. The fourth-order valence-corrected chi connectivity index (χ4v) is 3.02. The van der Waals surface area contributed by atoms with Crippen LogP contribution in [0.1, 0.15) is 47.9 Å². The molecule has 2 aromatic carbocycles. The number of para-hydroxylation sites is 1. The number of ether oxygens (including phenoxy) is 2. The normalized spacial score (nSPS) is 13.4. The van der Waals surface area contributed by atoms with Crippen LogP contribution in [0.4, 0.5) is 5.69 Å². The summed E-state index contributed by atoms with van der Waals surface area (Å²) in [4.78, 5) is 25.4. The molecule has 6 nitrogen and oxygen atoms in total. The third-order valence-corrected chi connectivity index (χ3v) is 4.25. The fourth-order valence-electron chi connectivity index (χ4n) is 2.75. The van der Waals surface area contributed by atoms with E-state index in [1.807, 2.05) is 20.8 Å². The van der Waals surface area contributed by atoms with E-state index in [0.29, 0.717) is 46.5 Å². The number of amides is 2. The van der Waals surface area contributed by atoms with Crippen molar-refractivity contribution in [3.63, 3.8) is 0 Å². The van der Waals surface area contributed by atoms with Gasteiger partial charge in [0.25, 0.3) is 11.8 Å². The van der Waals surface area contributed by atoms with Gasteiger partial charge < -0.3 is 20.1 Å². The molecule has 1 heterocycles. The van der Waals surface area contributed by atoms with Gasteiger partial charge in [0.1, 0.15) is 0 Å². The quantitative estimate of drug-likeness (QED) is 0.803. The Morgan fingerprint density at radius 3 is 2.50 bits per heavy atom. The lowest BCUT2D eigenvalue weighted by Crippen LogP contribution is -2.40. The Morgan fingerprint density at radius 2 is 1.75 bits per heavy atom. The van der Waals surface area contributed by atoms with Gasteiger partial charge in [-0.25, -0.2) is 0 Å². The molecule has 2 aromatic rings. The van der Waals surface area contributed by atoms with Gasteiger partial charge >= 0.3 is 0 Å². The van der Waals surface area contributed by atoms with E-state index in [4.69, 9.17) is 21.1 Å². The highest BCUT2D eigenvalue weighted by atomic mass is 35.5. The minimum Gasteiger partial charge on any atom is -0.489 e. The molecule has 2 amide bonds. The first-order chi connectivity index (χ1) is 13.2. The number of carbonyl (C=O) groups excluding carboxylic acids is 2. The maximum absolute atomic E-state index is 12.8. The van der Waals surface area contributed by atoms with Crippen LogP contribution in [0.2, 0.25) is 5.02 Å². The molecule has 148 valence electrons. The number of carbonyl (C=O) groups is 2. The highest BCUT2D eigenvalue weighted by molar-refractivity contribution is 6.32. The molecular weight excluding hydrogens is 380 g/mol. The molecule has 2 N–H and O–H groups in total. The van der Waals surface area contributed by atoms with Gasteiger partial charge in [0, 0.05) is 17.5 Å². The molecule has 1 aliphatic heterocycles. The van der Waals surface area contributed by atoms with Crippen LogP contribution in [0.15, 0.2) is 36.4 Å². The number of fused-ring (bicyclic) bond motifs is 1. The van der Waals surface area contributed by atoms with Crippen molar-refractivity contribution in [2.45, 2.75) is 32.7 Å². The highest BCUT2D eigenvalue weighted by Crippen LogP contribution is 2.38. The lowest BCUT2D eigenvalue weighted by atomic mass is 10.1. The second-order valence-electron chi connectivity index (χ2n) is 7.54. The number of halogens is 1. The first kappa shape index (κ1) is 20.0. The molecule has 7 heteroatoms. The predicted octanol–water partition coefficient (Wildman–Crippen LogP) is 4.28. The summed E-state index contributed by atoms with van der Waals surface area (Å²) < 4.78 is 11.2. The summed E-state index contributed by atoms with van der Waals surface area (Å²) in [6, 6.07) is 9.97. The maximum atomic E-state index is 12.8. The van der Waals surface area contributed by atoms with Crippen LogP contribution in [0.3, 0.4) is 0 Å². The van der Waals surface area contributed by atoms with Crippen LogP contribution >= 0.6 is 11.6 Å². The van der Waals surface area contributed by atoms with Crippen LogP contribution in [0.25, 0.3) is 0 Å². The van der Waals surface area contributed by atoms with Crippen LogP contribution in [-0.2, 0) is 0 Å². The summed E-state index contributed by atoms with van der Waals surface area (Å²) in [6.45, 7) is 6.68. The third kappa shape index (κ3) is 4.75. The Hall–Kier alpha value is -2.73. The molecule has 0 atom stereocenters. The summed E-state index contributed by atoms with van der Waals surface area (Å²) in [5.41, 5.74) is 0.722. The fraction of sp³-hybridized carbons (Fsp3) is 0.333. The van der Waals surface area contributed by atoms with Gasteiger partial charge in [-0.15, -0.1) is 0 Å². The van der Waals surface area contributed by atoms with Crippen LogP contribution in [0, 0.1) is 0 Å². The average molecular weight is 403 g/mol. The van der Waals surface area contributed by atoms with E-state index < -0.39 is 11.4 Å². The Labute approximate surface area is 169 Å². The van der Waals surface area contributed by atoms with Gasteiger partial charge in [0.15, 0.2) is 11.5 Å². The summed E-state index contributed by atoms with van der Waals surface area (Å²) in [5, 5.41) is 5.99. The van der Waals surface area contributed by atoms with Crippen molar-refractivity contribution in [3.8, 4) is 11.5 Å². The summed E-state index contributed by atoms with van der Waals surface area (Å²) >= 11 is 6.27. The zero-order valence-electron chi connectivity index (χ0n) is 16.1. The second kappa shape index (κ2) is 8.10. The monoisotopic (exact) mass is 402 g/mol. The lowest BCUT2D eigenvalue weighted by molar-refractivity contribution is 0.0920. The summed E-state index contributed by atoms with van der Waals surface area (Å²) in [7, 11) is 0. The van der Waals surface area contributed by atoms with Gasteiger partial charge in [0.05, 0.1) is 29.5 Å². The Balaban J connectivity index is 1.85. The van der Waals surface area contributed by atoms with Crippen molar-refractivity contribution in [1.82, 2.24) is 5.32 Å². The number of anilines is 1. The largest absolute Gasteiger partial charge is 0.489 e. The van der Waals surface area contributed by atoms with Crippen molar-refractivity contribution < 1.29 is 19.1 Å². The molecule has 0 saturated heterocycles. The van der Waals surface area contributed by atoms with Crippen molar-refractivity contribution in [1.29, 1.82) is 0 Å². The first-order valence-electron chi connectivity index (χ1n) is 9.06. The van der Waals surface area contributed by atoms with Crippen molar-refractivity contribution in [2.24, 2.45) is 0 Å². The standard InChI is InChI=1S/C21H23ClN2O4/c1-21(2,3)24-20(26)14-7-4-5-8-16(14)23-19(25)13-11-15(22)18-17(12-13)27-9-6-10-28-18/h4-5,7-8,11-12H,6,9-10H2,1-3H3,(H,23,25)(H,24,26). The SMILES string of the molecule is CC(C)(C)NC(=O)c1ccccc1NC(=O)c1cc(Cl)c2c(c1)OCCCO2. The lowest BCUT2D eigenvalue weighted by Gasteiger charge is -2.21. The summed E-state index contributed by atoms with van der Waals surface area (Å²) in [6.07, 6.45) is 0.739. The highest BCUT2D eigenvalue weighted by Gasteiger charge is 2.21. The van der Waals surface area contributed by atoms with E-state index in [1.54, 1.807) is 30.3 Å². The molecular formula is C21H23ClN2O4. The van der Waals surface area contributed by atoms with Gasteiger partial charge in [-0.2, -0.15) is 0 Å². The second-order valence-corrected chi connectivity index (χ2v) is 7.95. The topological polar surface area (TPSA) is 76.7 Å². The first-order valence-corrected chi connectivity index (χ1v) is 9.44. The van der Waals surface area contributed by atoms with Crippen molar-refractivity contribution >= 4 is 29.1 Å². The predicted molar refractivity (Wildman–Crippen MR) is 109 cm³/mol. The number of hydrogen-bond donors (Lipinski definition) is 2.